The number of halogens is 4. The third-order valence-electron chi connectivity index (χ3n) is 1.49. The maximum atomic E-state index is 12.8. The molecular formula is C7H4F3IN2O. The second kappa shape index (κ2) is 4.11. The summed E-state index contributed by atoms with van der Waals surface area (Å²) in [5.41, 5.74) is 3.69. The van der Waals surface area contributed by atoms with E-state index in [0.29, 0.717) is 6.20 Å². The van der Waals surface area contributed by atoms with Gasteiger partial charge in [-0.15, -0.1) is 0 Å². The van der Waals surface area contributed by atoms with E-state index >= 15 is 0 Å². The number of amides is 1. The fourth-order valence-corrected chi connectivity index (χ4v) is 1.61. The van der Waals surface area contributed by atoms with Crippen molar-refractivity contribution in [2.24, 2.45) is 5.73 Å². The molecule has 7 heteroatoms. The summed E-state index contributed by atoms with van der Waals surface area (Å²) in [6.45, 7) is 0. The second-order valence-corrected chi connectivity index (χ2v) is 3.44. The van der Waals surface area contributed by atoms with Crippen LogP contribution >= 0.6 is 22.6 Å². The average molecular weight is 316 g/mol. The number of carbonyl (C=O) groups is 1. The fourth-order valence-electron chi connectivity index (χ4n) is 0.893. The summed E-state index contributed by atoms with van der Waals surface area (Å²) in [5, 5.41) is 0. The summed E-state index contributed by atoms with van der Waals surface area (Å²) in [6, 6.07) is 0. The van der Waals surface area contributed by atoms with Gasteiger partial charge in [-0.2, -0.15) is 4.39 Å². The van der Waals surface area contributed by atoms with E-state index in [4.69, 9.17) is 5.73 Å². The molecule has 0 aliphatic heterocycles. The van der Waals surface area contributed by atoms with Gasteiger partial charge in [0.1, 0.15) is 0 Å². The molecule has 0 atom stereocenters. The molecule has 0 aromatic carbocycles. The van der Waals surface area contributed by atoms with Gasteiger partial charge >= 0.3 is 0 Å². The first-order chi connectivity index (χ1) is 6.45. The largest absolute Gasteiger partial charge is 0.366 e. The molecule has 1 heterocycles. The number of hydrogen-bond acceptors (Lipinski definition) is 2. The summed E-state index contributed by atoms with van der Waals surface area (Å²) < 4.78 is 37.2. The summed E-state index contributed by atoms with van der Waals surface area (Å²) in [7, 11) is 0. The molecule has 76 valence electrons. The lowest BCUT2D eigenvalue weighted by Gasteiger charge is -2.07. The topological polar surface area (TPSA) is 56.0 Å². The Bertz CT molecular complexity index is 383. The summed E-state index contributed by atoms with van der Waals surface area (Å²) in [6.07, 6.45) is -2.29. The molecular weight excluding hydrogens is 312 g/mol. The standard InChI is InChI=1S/C7H4F3IN2O/c8-5(9)2-1-13-6(10)4(11)3(2)7(12)14/h1,5H,(H2,12,14). The number of nitrogens with two attached hydrogens (primary N) is 1. The molecule has 1 amide bonds. The lowest BCUT2D eigenvalue weighted by atomic mass is 10.1. The van der Waals surface area contributed by atoms with Gasteiger partial charge in [-0.05, 0) is 22.6 Å². The van der Waals surface area contributed by atoms with Crippen molar-refractivity contribution in [3.8, 4) is 0 Å². The fraction of sp³-hybridized carbons (Fsp3) is 0.143. The average Bonchev–Trinajstić information content (AvgIpc) is 2.08. The maximum Gasteiger partial charge on any atom is 0.266 e. The van der Waals surface area contributed by atoms with Crippen LogP contribution in [-0.4, -0.2) is 10.9 Å². The third-order valence-corrected chi connectivity index (χ3v) is 2.47. The van der Waals surface area contributed by atoms with Crippen LogP contribution in [0.5, 0.6) is 0 Å². The zero-order chi connectivity index (χ0) is 10.9. The lowest BCUT2D eigenvalue weighted by Crippen LogP contribution is -2.17. The van der Waals surface area contributed by atoms with Gasteiger partial charge in [0.25, 0.3) is 6.43 Å². The van der Waals surface area contributed by atoms with Gasteiger partial charge in [-0.3, -0.25) is 4.79 Å². The summed E-state index contributed by atoms with van der Waals surface area (Å²) in [5.74, 6) is -2.07. The van der Waals surface area contributed by atoms with E-state index in [9.17, 15) is 18.0 Å². The molecule has 0 radical (unpaired) electrons. The van der Waals surface area contributed by atoms with Crippen molar-refractivity contribution in [2.45, 2.75) is 6.43 Å². The van der Waals surface area contributed by atoms with Crippen molar-refractivity contribution in [3.63, 3.8) is 0 Å². The van der Waals surface area contributed by atoms with E-state index in [1.807, 2.05) is 0 Å². The van der Waals surface area contributed by atoms with Crippen LogP contribution in [0.15, 0.2) is 6.20 Å². The number of pyridine rings is 1. The first-order valence-corrected chi connectivity index (χ1v) is 4.45. The molecule has 0 spiro atoms. The molecule has 3 nitrogen and oxygen atoms in total. The van der Waals surface area contributed by atoms with Crippen LogP contribution in [0.3, 0.4) is 0 Å². The van der Waals surface area contributed by atoms with Crippen LogP contribution in [-0.2, 0) is 0 Å². The third kappa shape index (κ3) is 1.97. The monoisotopic (exact) mass is 316 g/mol. The Labute approximate surface area is 90.6 Å². The highest BCUT2D eigenvalue weighted by Crippen LogP contribution is 2.26. The van der Waals surface area contributed by atoms with E-state index in [0.717, 1.165) is 0 Å². The molecule has 0 bridgehead atoms. The van der Waals surface area contributed by atoms with Crippen molar-refractivity contribution in [1.29, 1.82) is 0 Å². The number of alkyl halides is 2. The SMILES string of the molecule is NC(=O)c1c(C(F)F)cnc(F)c1I. The van der Waals surface area contributed by atoms with Gasteiger partial charge in [-0.1, -0.05) is 0 Å². The van der Waals surface area contributed by atoms with Crippen LogP contribution in [0.1, 0.15) is 22.3 Å². The van der Waals surface area contributed by atoms with Crippen molar-refractivity contribution >= 4 is 28.5 Å². The number of hydrogen-bond donors (Lipinski definition) is 1. The zero-order valence-corrected chi connectivity index (χ0v) is 8.76. The predicted molar refractivity (Wildman–Crippen MR) is 50.4 cm³/mol. The maximum absolute atomic E-state index is 12.8. The quantitative estimate of drug-likeness (QED) is 0.669. The number of aromatic nitrogens is 1. The van der Waals surface area contributed by atoms with Crippen molar-refractivity contribution in [3.05, 3.63) is 26.8 Å². The molecule has 1 rings (SSSR count). The van der Waals surface area contributed by atoms with Crippen molar-refractivity contribution < 1.29 is 18.0 Å². The number of carbonyl (C=O) groups excluding carboxylic acids is 1. The van der Waals surface area contributed by atoms with Gasteiger partial charge in [0, 0.05) is 6.20 Å². The van der Waals surface area contributed by atoms with E-state index in [2.05, 4.69) is 4.98 Å². The molecule has 2 N–H and O–H groups in total. The summed E-state index contributed by atoms with van der Waals surface area (Å²) >= 11 is 1.41. The van der Waals surface area contributed by atoms with Crippen molar-refractivity contribution in [2.75, 3.05) is 0 Å². The molecule has 0 saturated heterocycles. The molecule has 0 aliphatic carbocycles. The summed E-state index contributed by atoms with van der Waals surface area (Å²) in [4.78, 5) is 13.9. The number of rotatable bonds is 2. The lowest BCUT2D eigenvalue weighted by molar-refractivity contribution is 0.0983. The smallest absolute Gasteiger partial charge is 0.266 e. The van der Waals surface area contributed by atoms with Crippen LogP contribution in [0.25, 0.3) is 0 Å². The Hall–Kier alpha value is -0.860. The molecule has 1 aromatic rings. The van der Waals surface area contributed by atoms with E-state index in [1.54, 1.807) is 0 Å². The van der Waals surface area contributed by atoms with Gasteiger partial charge in [0.15, 0.2) is 0 Å². The highest BCUT2D eigenvalue weighted by atomic mass is 127. The van der Waals surface area contributed by atoms with Crippen LogP contribution in [0.4, 0.5) is 13.2 Å². The normalized spacial score (nSPS) is 10.6. The van der Waals surface area contributed by atoms with Gasteiger partial charge in [-0.25, -0.2) is 13.8 Å². The molecule has 0 aliphatic rings. The van der Waals surface area contributed by atoms with Gasteiger partial charge < -0.3 is 5.73 Å². The minimum absolute atomic E-state index is 0.284. The first kappa shape index (κ1) is 11.2. The highest BCUT2D eigenvalue weighted by Gasteiger charge is 2.22. The minimum atomic E-state index is -2.90. The molecule has 0 unspecified atom stereocenters. The van der Waals surface area contributed by atoms with Crippen LogP contribution < -0.4 is 5.73 Å². The van der Waals surface area contributed by atoms with E-state index in [1.165, 1.54) is 22.6 Å². The first-order valence-electron chi connectivity index (χ1n) is 3.37. The molecule has 14 heavy (non-hydrogen) atoms. The number of nitrogens with zero attached hydrogens (tertiary/aromatic N) is 1. The Morgan fingerprint density at radius 2 is 2.14 bits per heavy atom. The van der Waals surface area contributed by atoms with E-state index in [-0.39, 0.29) is 3.57 Å². The van der Waals surface area contributed by atoms with Gasteiger partial charge in [0.2, 0.25) is 11.9 Å². The van der Waals surface area contributed by atoms with Crippen molar-refractivity contribution in [1.82, 2.24) is 4.98 Å². The molecule has 0 saturated carbocycles. The highest BCUT2D eigenvalue weighted by molar-refractivity contribution is 14.1. The molecule has 0 fully saturated rings. The number of primary amides is 1. The van der Waals surface area contributed by atoms with Gasteiger partial charge in [0.05, 0.1) is 14.7 Å². The Morgan fingerprint density at radius 1 is 1.57 bits per heavy atom. The van der Waals surface area contributed by atoms with Crippen LogP contribution in [0.2, 0.25) is 0 Å². The second-order valence-electron chi connectivity index (χ2n) is 2.36. The Morgan fingerprint density at radius 3 is 2.57 bits per heavy atom. The minimum Gasteiger partial charge on any atom is -0.366 e. The predicted octanol–water partition coefficient (Wildman–Crippen LogP) is 1.86. The van der Waals surface area contributed by atoms with Crippen LogP contribution in [0, 0.1) is 9.52 Å². The molecule has 1 aromatic heterocycles. The Kier molecular flexibility index (Phi) is 3.29. The zero-order valence-electron chi connectivity index (χ0n) is 6.60. The Balaban J connectivity index is 3.45. The van der Waals surface area contributed by atoms with E-state index < -0.39 is 29.4 Å².